The number of aldehydes is 1. The van der Waals surface area contributed by atoms with Gasteiger partial charge in [-0.15, -0.1) is 0 Å². The number of halogens is 1. The summed E-state index contributed by atoms with van der Waals surface area (Å²) in [6.07, 6.45) is 0.844. The molecule has 70 valence electrons. The van der Waals surface area contributed by atoms with E-state index in [0.717, 1.165) is 26.5 Å². The zero-order valence-corrected chi connectivity index (χ0v) is 9.78. The summed E-state index contributed by atoms with van der Waals surface area (Å²) in [4.78, 5) is 15.1. The van der Waals surface area contributed by atoms with Crippen LogP contribution in [0.3, 0.4) is 0 Å². The third-order valence-electron chi connectivity index (χ3n) is 2.16. The maximum Gasteiger partial charge on any atom is 0.152 e. The first-order valence-corrected chi connectivity index (χ1v) is 5.31. The van der Waals surface area contributed by atoms with Crippen molar-refractivity contribution in [3.63, 3.8) is 0 Å². The van der Waals surface area contributed by atoms with Crippen LogP contribution >= 0.6 is 22.6 Å². The number of hydrogen-bond acceptors (Lipinski definition) is 2. The van der Waals surface area contributed by atoms with Gasteiger partial charge in [-0.1, -0.05) is 18.2 Å². The van der Waals surface area contributed by atoms with Gasteiger partial charge in [-0.05, 0) is 41.1 Å². The van der Waals surface area contributed by atoms with Crippen LogP contribution in [0.5, 0.6) is 0 Å². The van der Waals surface area contributed by atoms with Crippen LogP contribution in [0, 0.1) is 10.6 Å². The first-order chi connectivity index (χ1) is 6.72. The standard InChI is InChI=1S/C11H8INO/c1-7-3-2-4-8-5-9(6-14)11(12)13-10(7)8/h2-6H,1H3. The average Bonchev–Trinajstić information content (AvgIpc) is 2.19. The first-order valence-electron chi connectivity index (χ1n) is 4.23. The fourth-order valence-corrected chi connectivity index (χ4v) is 1.95. The van der Waals surface area contributed by atoms with Gasteiger partial charge in [0.25, 0.3) is 0 Å². The van der Waals surface area contributed by atoms with E-state index in [1.807, 2.05) is 31.2 Å². The van der Waals surface area contributed by atoms with Gasteiger partial charge in [-0.2, -0.15) is 0 Å². The maximum absolute atomic E-state index is 10.7. The number of fused-ring (bicyclic) bond motifs is 1. The molecule has 0 aliphatic carbocycles. The lowest BCUT2D eigenvalue weighted by Crippen LogP contribution is -1.93. The highest BCUT2D eigenvalue weighted by Crippen LogP contribution is 2.19. The number of hydrogen-bond donors (Lipinski definition) is 0. The van der Waals surface area contributed by atoms with E-state index in [2.05, 4.69) is 27.6 Å². The van der Waals surface area contributed by atoms with Crippen LogP contribution in [0.4, 0.5) is 0 Å². The van der Waals surface area contributed by atoms with Crippen molar-refractivity contribution in [1.82, 2.24) is 4.98 Å². The number of carbonyl (C=O) groups excluding carboxylic acids is 1. The monoisotopic (exact) mass is 297 g/mol. The van der Waals surface area contributed by atoms with Crippen molar-refractivity contribution in [1.29, 1.82) is 0 Å². The number of aromatic nitrogens is 1. The zero-order chi connectivity index (χ0) is 10.1. The molecule has 2 aromatic rings. The molecule has 0 amide bonds. The van der Waals surface area contributed by atoms with Gasteiger partial charge in [0.15, 0.2) is 6.29 Å². The molecule has 0 unspecified atom stereocenters. The van der Waals surface area contributed by atoms with Crippen molar-refractivity contribution in [3.05, 3.63) is 39.1 Å². The molecule has 0 aliphatic rings. The first kappa shape index (κ1) is 9.58. The maximum atomic E-state index is 10.7. The minimum atomic E-state index is 0.656. The van der Waals surface area contributed by atoms with Crippen molar-refractivity contribution < 1.29 is 4.79 Å². The molecule has 0 bridgehead atoms. The molecule has 2 nitrogen and oxygen atoms in total. The van der Waals surface area contributed by atoms with Crippen molar-refractivity contribution in [2.75, 3.05) is 0 Å². The molecule has 1 heterocycles. The number of rotatable bonds is 1. The van der Waals surface area contributed by atoms with E-state index in [-0.39, 0.29) is 0 Å². The third kappa shape index (κ3) is 1.52. The van der Waals surface area contributed by atoms with E-state index in [0.29, 0.717) is 5.56 Å². The van der Waals surface area contributed by atoms with Crippen LogP contribution in [-0.2, 0) is 0 Å². The molecule has 0 fully saturated rings. The van der Waals surface area contributed by atoms with E-state index in [1.54, 1.807) is 0 Å². The molecule has 0 radical (unpaired) electrons. The van der Waals surface area contributed by atoms with E-state index in [1.165, 1.54) is 0 Å². The number of nitrogens with zero attached hydrogens (tertiary/aromatic N) is 1. The molecule has 1 aromatic carbocycles. The summed E-state index contributed by atoms with van der Waals surface area (Å²) < 4.78 is 0.763. The van der Waals surface area contributed by atoms with Gasteiger partial charge in [0, 0.05) is 10.9 Å². The highest BCUT2D eigenvalue weighted by atomic mass is 127. The van der Waals surface area contributed by atoms with E-state index >= 15 is 0 Å². The van der Waals surface area contributed by atoms with Gasteiger partial charge < -0.3 is 0 Å². The van der Waals surface area contributed by atoms with E-state index in [9.17, 15) is 4.79 Å². The minimum absolute atomic E-state index is 0.656. The number of aryl methyl sites for hydroxylation is 1. The Labute approximate surface area is 95.5 Å². The summed E-state index contributed by atoms with van der Waals surface area (Å²) in [5.41, 5.74) is 2.77. The molecule has 0 aliphatic heterocycles. The lowest BCUT2D eigenvalue weighted by molar-refractivity contribution is 0.112. The van der Waals surface area contributed by atoms with E-state index in [4.69, 9.17) is 0 Å². The Morgan fingerprint density at radius 2 is 2.21 bits per heavy atom. The molecule has 0 atom stereocenters. The minimum Gasteiger partial charge on any atom is -0.298 e. The lowest BCUT2D eigenvalue weighted by atomic mass is 10.1. The Morgan fingerprint density at radius 1 is 1.43 bits per heavy atom. The molecule has 3 heteroatoms. The van der Waals surface area contributed by atoms with Gasteiger partial charge in [0.1, 0.15) is 3.70 Å². The van der Waals surface area contributed by atoms with Crippen LogP contribution in [0.25, 0.3) is 10.9 Å². The zero-order valence-electron chi connectivity index (χ0n) is 7.62. The predicted octanol–water partition coefficient (Wildman–Crippen LogP) is 2.96. The molecular formula is C11H8INO. The van der Waals surface area contributed by atoms with Gasteiger partial charge in [0.2, 0.25) is 0 Å². The predicted molar refractivity (Wildman–Crippen MR) is 64.6 cm³/mol. The normalized spacial score (nSPS) is 10.4. The molecule has 0 saturated heterocycles. The highest BCUT2D eigenvalue weighted by Gasteiger charge is 2.04. The molecule has 0 spiro atoms. The second kappa shape index (κ2) is 3.65. The summed E-state index contributed by atoms with van der Waals surface area (Å²) in [7, 11) is 0. The Bertz CT molecular complexity index is 508. The molecular weight excluding hydrogens is 289 g/mol. The lowest BCUT2D eigenvalue weighted by Gasteiger charge is -2.03. The number of carbonyl (C=O) groups is 1. The molecule has 0 saturated carbocycles. The molecule has 1 aromatic heterocycles. The summed E-state index contributed by atoms with van der Waals surface area (Å²) in [6, 6.07) is 7.84. The second-order valence-electron chi connectivity index (χ2n) is 3.13. The Morgan fingerprint density at radius 3 is 2.93 bits per heavy atom. The largest absolute Gasteiger partial charge is 0.298 e. The summed E-state index contributed by atoms with van der Waals surface area (Å²) in [6.45, 7) is 2.02. The van der Waals surface area contributed by atoms with Crippen LogP contribution in [0.2, 0.25) is 0 Å². The van der Waals surface area contributed by atoms with Crippen molar-refractivity contribution in [3.8, 4) is 0 Å². The van der Waals surface area contributed by atoms with Crippen LogP contribution in [-0.4, -0.2) is 11.3 Å². The molecule has 2 rings (SSSR count). The molecule has 0 N–H and O–H groups in total. The fourth-order valence-electron chi connectivity index (χ4n) is 1.42. The summed E-state index contributed by atoms with van der Waals surface area (Å²) >= 11 is 2.08. The van der Waals surface area contributed by atoms with Crippen LogP contribution in [0.1, 0.15) is 15.9 Å². The molecule has 14 heavy (non-hydrogen) atoms. The van der Waals surface area contributed by atoms with Gasteiger partial charge >= 0.3 is 0 Å². The van der Waals surface area contributed by atoms with Crippen molar-refractivity contribution in [2.45, 2.75) is 6.92 Å². The van der Waals surface area contributed by atoms with Gasteiger partial charge in [0.05, 0.1) is 5.52 Å². The quantitative estimate of drug-likeness (QED) is 0.460. The average molecular weight is 297 g/mol. The SMILES string of the molecule is Cc1cccc2cc(C=O)c(I)nc12. The Hall–Kier alpha value is -0.970. The van der Waals surface area contributed by atoms with Crippen molar-refractivity contribution in [2.24, 2.45) is 0 Å². The smallest absolute Gasteiger partial charge is 0.152 e. The van der Waals surface area contributed by atoms with Crippen molar-refractivity contribution >= 4 is 39.8 Å². The number of benzene rings is 1. The second-order valence-corrected chi connectivity index (χ2v) is 4.15. The van der Waals surface area contributed by atoms with Crippen LogP contribution < -0.4 is 0 Å². The van der Waals surface area contributed by atoms with Gasteiger partial charge in [-0.25, -0.2) is 4.98 Å². The topological polar surface area (TPSA) is 30.0 Å². The third-order valence-corrected chi connectivity index (χ3v) is 3.02. The summed E-state index contributed by atoms with van der Waals surface area (Å²) in [5.74, 6) is 0. The Balaban J connectivity index is 2.85. The Kier molecular flexibility index (Phi) is 2.50. The number of pyridine rings is 1. The van der Waals surface area contributed by atoms with E-state index < -0.39 is 0 Å². The summed E-state index contributed by atoms with van der Waals surface area (Å²) in [5, 5.41) is 1.02. The fraction of sp³-hybridized carbons (Fsp3) is 0.0909. The highest BCUT2D eigenvalue weighted by molar-refractivity contribution is 14.1. The number of para-hydroxylation sites is 1. The van der Waals surface area contributed by atoms with Crippen LogP contribution in [0.15, 0.2) is 24.3 Å². The van der Waals surface area contributed by atoms with Gasteiger partial charge in [-0.3, -0.25) is 4.79 Å².